The van der Waals surface area contributed by atoms with Gasteiger partial charge in [0.25, 0.3) is 5.56 Å². The molecule has 0 amide bonds. The Bertz CT molecular complexity index is 1180. The first-order valence-electron chi connectivity index (χ1n) is 11.9. The molecule has 7 heteroatoms. The molecule has 5 rings (SSSR count). The molecule has 3 heterocycles. The summed E-state index contributed by atoms with van der Waals surface area (Å²) in [6.45, 7) is 4.43. The smallest absolute Gasteiger partial charge is 0.274 e. The number of fused-ring (bicyclic) bond motifs is 2. The number of hydrogen-bond donors (Lipinski definition) is 2. The minimum atomic E-state index is -0.666. The molecule has 0 bridgehead atoms. The monoisotopic (exact) mass is 448 g/mol. The van der Waals surface area contributed by atoms with Gasteiger partial charge in [0.2, 0.25) is 0 Å². The summed E-state index contributed by atoms with van der Waals surface area (Å²) >= 11 is 0. The van der Waals surface area contributed by atoms with Gasteiger partial charge < -0.3 is 15.1 Å². The Morgan fingerprint density at radius 2 is 1.94 bits per heavy atom. The average molecular weight is 449 g/mol. The SMILES string of the molecule is O=c1c2ccc(N3CCCC(CO)C3)cc2cnn1C[C@H](O)CN1CCc2ccccc2C1. The van der Waals surface area contributed by atoms with Gasteiger partial charge in [-0.2, -0.15) is 5.10 Å². The fourth-order valence-electron chi connectivity index (χ4n) is 5.22. The number of anilines is 1. The molecule has 1 aromatic heterocycles. The van der Waals surface area contributed by atoms with Crippen LogP contribution in [0.5, 0.6) is 0 Å². The van der Waals surface area contributed by atoms with Gasteiger partial charge in [0.05, 0.1) is 24.2 Å². The van der Waals surface area contributed by atoms with Crippen LogP contribution in [0, 0.1) is 5.92 Å². The van der Waals surface area contributed by atoms with E-state index in [9.17, 15) is 15.0 Å². The molecule has 0 radical (unpaired) electrons. The van der Waals surface area contributed by atoms with Crippen molar-refractivity contribution in [2.45, 2.75) is 38.5 Å². The Hall–Kier alpha value is -2.74. The van der Waals surface area contributed by atoms with Gasteiger partial charge >= 0.3 is 0 Å². The highest BCUT2D eigenvalue weighted by atomic mass is 16.3. The topological polar surface area (TPSA) is 81.8 Å². The number of nitrogens with zero attached hydrogens (tertiary/aromatic N) is 4. The molecule has 1 saturated heterocycles. The van der Waals surface area contributed by atoms with Gasteiger partial charge in [-0.25, -0.2) is 4.68 Å². The van der Waals surface area contributed by atoms with Crippen LogP contribution in [0.25, 0.3) is 10.8 Å². The van der Waals surface area contributed by atoms with Gasteiger partial charge in [-0.05, 0) is 54.5 Å². The minimum Gasteiger partial charge on any atom is -0.396 e. The van der Waals surface area contributed by atoms with E-state index in [2.05, 4.69) is 39.2 Å². The van der Waals surface area contributed by atoms with Crippen molar-refractivity contribution >= 4 is 16.5 Å². The molecule has 1 unspecified atom stereocenters. The lowest BCUT2D eigenvalue weighted by Gasteiger charge is -2.33. The largest absolute Gasteiger partial charge is 0.396 e. The second kappa shape index (κ2) is 9.63. The Morgan fingerprint density at radius 1 is 1.09 bits per heavy atom. The number of β-amino-alcohol motifs (C(OH)–C–C–N with tert-alkyl or cyclic N) is 1. The molecule has 2 aromatic carbocycles. The van der Waals surface area contributed by atoms with Crippen LogP contribution >= 0.6 is 0 Å². The second-order valence-corrected chi connectivity index (χ2v) is 9.45. The van der Waals surface area contributed by atoms with Crippen molar-refractivity contribution in [1.82, 2.24) is 14.7 Å². The summed E-state index contributed by atoms with van der Waals surface area (Å²) in [6.07, 6.45) is 4.15. The van der Waals surface area contributed by atoms with Crippen molar-refractivity contribution in [2.75, 3.05) is 37.7 Å². The second-order valence-electron chi connectivity index (χ2n) is 9.45. The fourth-order valence-corrected chi connectivity index (χ4v) is 5.22. The van der Waals surface area contributed by atoms with Crippen molar-refractivity contribution in [1.29, 1.82) is 0 Å². The summed E-state index contributed by atoms with van der Waals surface area (Å²) in [5, 5.41) is 26.0. The van der Waals surface area contributed by atoms with Gasteiger partial charge in [-0.3, -0.25) is 9.69 Å². The molecule has 0 spiro atoms. The normalized spacial score (nSPS) is 20.1. The predicted octanol–water partition coefficient (Wildman–Crippen LogP) is 2.02. The van der Waals surface area contributed by atoms with Crippen molar-refractivity contribution in [3.05, 3.63) is 70.1 Å². The van der Waals surface area contributed by atoms with E-state index < -0.39 is 6.10 Å². The van der Waals surface area contributed by atoms with Crippen LogP contribution in [0.4, 0.5) is 5.69 Å². The first kappa shape index (κ1) is 22.1. The summed E-state index contributed by atoms with van der Waals surface area (Å²) in [5.41, 5.74) is 3.58. The third-order valence-corrected chi connectivity index (χ3v) is 7.04. The van der Waals surface area contributed by atoms with Gasteiger partial charge in [-0.1, -0.05) is 24.3 Å². The van der Waals surface area contributed by atoms with Gasteiger partial charge in [0.1, 0.15) is 0 Å². The van der Waals surface area contributed by atoms with E-state index in [-0.39, 0.29) is 18.7 Å². The zero-order chi connectivity index (χ0) is 22.8. The molecule has 1 fully saturated rings. The van der Waals surface area contributed by atoms with Crippen LogP contribution in [0.15, 0.2) is 53.5 Å². The summed E-state index contributed by atoms with van der Waals surface area (Å²) in [6, 6.07) is 14.3. The molecule has 0 aliphatic carbocycles. The van der Waals surface area contributed by atoms with E-state index in [0.29, 0.717) is 17.8 Å². The van der Waals surface area contributed by atoms with Crippen LogP contribution in [0.1, 0.15) is 24.0 Å². The van der Waals surface area contributed by atoms with E-state index in [4.69, 9.17) is 0 Å². The molecule has 7 nitrogen and oxygen atoms in total. The molecular formula is C26H32N4O3. The van der Waals surface area contributed by atoms with E-state index in [1.807, 2.05) is 18.2 Å². The zero-order valence-corrected chi connectivity index (χ0v) is 18.9. The number of piperidine rings is 1. The Balaban J connectivity index is 1.27. The summed E-state index contributed by atoms with van der Waals surface area (Å²) in [4.78, 5) is 17.5. The van der Waals surface area contributed by atoms with Crippen LogP contribution in [-0.2, 0) is 19.5 Å². The molecule has 0 saturated carbocycles. The van der Waals surface area contributed by atoms with Crippen LogP contribution in [0.3, 0.4) is 0 Å². The molecular weight excluding hydrogens is 416 g/mol. The van der Waals surface area contributed by atoms with Crippen molar-refractivity contribution < 1.29 is 10.2 Å². The number of aliphatic hydroxyl groups is 2. The highest BCUT2D eigenvalue weighted by Crippen LogP contribution is 2.25. The Labute approximate surface area is 193 Å². The third-order valence-electron chi connectivity index (χ3n) is 7.04. The highest BCUT2D eigenvalue weighted by molar-refractivity contribution is 5.84. The van der Waals surface area contributed by atoms with Crippen molar-refractivity contribution in [2.24, 2.45) is 5.92 Å². The fraction of sp³-hybridized carbons (Fsp3) is 0.462. The van der Waals surface area contributed by atoms with Crippen LogP contribution in [0.2, 0.25) is 0 Å². The lowest BCUT2D eigenvalue weighted by Crippen LogP contribution is -2.40. The number of hydrogen-bond acceptors (Lipinski definition) is 6. The van der Waals surface area contributed by atoms with Crippen molar-refractivity contribution in [3.63, 3.8) is 0 Å². The van der Waals surface area contributed by atoms with Gasteiger partial charge in [0, 0.05) is 50.4 Å². The predicted molar refractivity (Wildman–Crippen MR) is 129 cm³/mol. The third kappa shape index (κ3) is 4.81. The zero-order valence-electron chi connectivity index (χ0n) is 18.9. The number of benzene rings is 2. The number of aliphatic hydroxyl groups excluding tert-OH is 2. The lowest BCUT2D eigenvalue weighted by atomic mass is 9.98. The van der Waals surface area contributed by atoms with Gasteiger partial charge in [-0.15, -0.1) is 0 Å². The maximum atomic E-state index is 13.0. The molecule has 2 aliphatic rings. The minimum absolute atomic E-state index is 0.172. The first-order valence-corrected chi connectivity index (χ1v) is 11.9. The molecule has 2 N–H and O–H groups in total. The van der Waals surface area contributed by atoms with Gasteiger partial charge in [0.15, 0.2) is 0 Å². The molecule has 2 atom stereocenters. The lowest BCUT2D eigenvalue weighted by molar-refractivity contribution is 0.0878. The molecule has 3 aromatic rings. The molecule has 2 aliphatic heterocycles. The highest BCUT2D eigenvalue weighted by Gasteiger charge is 2.21. The number of rotatable bonds is 6. The average Bonchev–Trinajstić information content (AvgIpc) is 2.85. The number of aromatic nitrogens is 2. The van der Waals surface area contributed by atoms with E-state index in [1.54, 1.807) is 6.20 Å². The summed E-state index contributed by atoms with van der Waals surface area (Å²) in [5.74, 6) is 0.301. The molecule has 174 valence electrons. The maximum Gasteiger partial charge on any atom is 0.274 e. The summed E-state index contributed by atoms with van der Waals surface area (Å²) in [7, 11) is 0. The van der Waals surface area contributed by atoms with E-state index in [0.717, 1.165) is 56.5 Å². The first-order chi connectivity index (χ1) is 16.1. The quantitative estimate of drug-likeness (QED) is 0.601. The van der Waals surface area contributed by atoms with E-state index >= 15 is 0 Å². The van der Waals surface area contributed by atoms with Crippen molar-refractivity contribution in [3.8, 4) is 0 Å². The maximum absolute atomic E-state index is 13.0. The Morgan fingerprint density at radius 3 is 2.79 bits per heavy atom. The Kier molecular flexibility index (Phi) is 6.44. The van der Waals surface area contributed by atoms with Crippen LogP contribution in [-0.4, -0.2) is 63.8 Å². The van der Waals surface area contributed by atoms with E-state index in [1.165, 1.54) is 15.8 Å². The summed E-state index contributed by atoms with van der Waals surface area (Å²) < 4.78 is 1.38. The standard InChI is InChI=1S/C26H32N4O3/c31-18-19-4-3-10-29(14-19)23-7-8-25-22(12-23)13-27-30(26(25)33)17-24(32)16-28-11-9-20-5-1-2-6-21(20)15-28/h1-2,5-8,12-13,19,24,31-32H,3-4,9-11,14-18H2/t19?,24-/m1/s1. The van der Waals surface area contributed by atoms with Crippen LogP contribution < -0.4 is 10.5 Å². The molecule has 33 heavy (non-hydrogen) atoms.